The van der Waals surface area contributed by atoms with Crippen molar-refractivity contribution in [3.05, 3.63) is 17.9 Å². The smallest absolute Gasteiger partial charge is 0.313 e. The molecule has 0 aliphatic carbocycles. The third kappa shape index (κ3) is 3.85. The van der Waals surface area contributed by atoms with Crippen LogP contribution in [0, 0.1) is 0 Å². The summed E-state index contributed by atoms with van der Waals surface area (Å²) in [7, 11) is 1.61. The molecule has 0 unspecified atom stereocenters. The van der Waals surface area contributed by atoms with Gasteiger partial charge in [0.15, 0.2) is 10.9 Å². The van der Waals surface area contributed by atoms with Crippen LogP contribution in [0.5, 0.6) is 0 Å². The maximum absolute atomic E-state index is 10.7. The van der Waals surface area contributed by atoms with Gasteiger partial charge in [-0.1, -0.05) is 18.7 Å². The Morgan fingerprint density at radius 1 is 1.48 bits per heavy atom. The summed E-state index contributed by atoms with van der Waals surface area (Å²) < 4.78 is 12.6. The summed E-state index contributed by atoms with van der Waals surface area (Å²) in [5, 5.41) is 17.5. The third-order valence-electron chi connectivity index (χ3n) is 2.79. The highest BCUT2D eigenvalue weighted by Gasteiger charge is 2.17. The second-order valence-electron chi connectivity index (χ2n) is 4.25. The lowest BCUT2D eigenvalue weighted by Crippen LogP contribution is -2.08. The molecule has 0 bridgehead atoms. The Labute approximate surface area is 126 Å². The fourth-order valence-corrected chi connectivity index (χ4v) is 2.46. The molecule has 0 atom stereocenters. The molecule has 0 aliphatic rings. The van der Waals surface area contributed by atoms with Crippen LogP contribution in [0.25, 0.3) is 11.6 Å². The molecule has 0 amide bonds. The van der Waals surface area contributed by atoms with Gasteiger partial charge in [-0.05, 0) is 12.1 Å². The van der Waals surface area contributed by atoms with Gasteiger partial charge in [0.2, 0.25) is 5.82 Å². The summed E-state index contributed by atoms with van der Waals surface area (Å²) in [4.78, 5) is 10.7. The number of carboxylic acids is 1. The highest BCUT2D eigenvalue weighted by molar-refractivity contribution is 7.99. The topological polar surface area (TPSA) is 90.4 Å². The first kappa shape index (κ1) is 15.6. The SMILES string of the molecule is CCc1ccc(-c2nnc(SCC(=O)O)n2CCOC)o1. The largest absolute Gasteiger partial charge is 0.481 e. The zero-order valence-corrected chi connectivity index (χ0v) is 12.7. The molecule has 0 radical (unpaired) electrons. The molecule has 7 nitrogen and oxygen atoms in total. The van der Waals surface area contributed by atoms with E-state index in [9.17, 15) is 4.79 Å². The van der Waals surface area contributed by atoms with Gasteiger partial charge < -0.3 is 14.3 Å². The fraction of sp³-hybridized carbons (Fsp3) is 0.462. The molecule has 114 valence electrons. The number of hydrogen-bond acceptors (Lipinski definition) is 6. The maximum atomic E-state index is 10.7. The van der Waals surface area contributed by atoms with Gasteiger partial charge in [0, 0.05) is 13.5 Å². The van der Waals surface area contributed by atoms with Crippen molar-refractivity contribution in [2.45, 2.75) is 25.0 Å². The van der Waals surface area contributed by atoms with Crippen molar-refractivity contribution in [2.75, 3.05) is 19.5 Å². The van der Waals surface area contributed by atoms with Crippen LogP contribution in [0.15, 0.2) is 21.7 Å². The molecule has 2 rings (SSSR count). The average Bonchev–Trinajstić information content (AvgIpc) is 3.08. The number of methoxy groups -OCH3 is 1. The van der Waals surface area contributed by atoms with Gasteiger partial charge in [0.25, 0.3) is 0 Å². The fourth-order valence-electron chi connectivity index (χ4n) is 1.78. The molecule has 2 aromatic heterocycles. The molecular formula is C13H17N3O4S. The number of ether oxygens (including phenoxy) is 1. The molecule has 2 aromatic rings. The van der Waals surface area contributed by atoms with E-state index in [-0.39, 0.29) is 5.75 Å². The van der Waals surface area contributed by atoms with Crippen LogP contribution in [-0.2, 0) is 22.5 Å². The molecule has 8 heteroatoms. The summed E-state index contributed by atoms with van der Waals surface area (Å²) in [5.41, 5.74) is 0. The number of thioether (sulfide) groups is 1. The van der Waals surface area contributed by atoms with Crippen LogP contribution < -0.4 is 0 Å². The quantitative estimate of drug-likeness (QED) is 0.745. The second-order valence-corrected chi connectivity index (χ2v) is 5.20. The zero-order valence-electron chi connectivity index (χ0n) is 11.9. The lowest BCUT2D eigenvalue weighted by atomic mass is 10.3. The Bertz CT molecular complexity index is 608. The van der Waals surface area contributed by atoms with Crippen LogP contribution in [0.3, 0.4) is 0 Å². The minimum atomic E-state index is -0.894. The predicted molar refractivity (Wildman–Crippen MR) is 77.3 cm³/mol. The van der Waals surface area contributed by atoms with Crippen LogP contribution in [0.4, 0.5) is 0 Å². The van der Waals surface area contributed by atoms with Crippen LogP contribution in [-0.4, -0.2) is 45.3 Å². The van der Waals surface area contributed by atoms with Gasteiger partial charge >= 0.3 is 5.97 Å². The second kappa shape index (κ2) is 7.28. The summed E-state index contributed by atoms with van der Waals surface area (Å²) >= 11 is 1.13. The number of aliphatic carboxylic acids is 1. The molecule has 0 spiro atoms. The minimum absolute atomic E-state index is 0.0660. The van der Waals surface area contributed by atoms with Crippen LogP contribution in [0.2, 0.25) is 0 Å². The summed E-state index contributed by atoms with van der Waals surface area (Å²) in [5.74, 6) is 1.11. The number of nitrogens with zero attached hydrogens (tertiary/aromatic N) is 3. The van der Waals surface area contributed by atoms with E-state index in [1.54, 1.807) is 7.11 Å². The lowest BCUT2D eigenvalue weighted by molar-refractivity contribution is -0.133. The molecule has 2 heterocycles. The van der Waals surface area contributed by atoms with Crippen molar-refractivity contribution < 1.29 is 19.1 Å². The van der Waals surface area contributed by atoms with E-state index in [1.165, 1.54) is 0 Å². The monoisotopic (exact) mass is 311 g/mol. The van der Waals surface area contributed by atoms with Gasteiger partial charge in [-0.25, -0.2) is 0 Å². The number of hydrogen-bond donors (Lipinski definition) is 1. The van der Waals surface area contributed by atoms with Crippen molar-refractivity contribution in [3.63, 3.8) is 0 Å². The van der Waals surface area contributed by atoms with Gasteiger partial charge in [0.1, 0.15) is 5.76 Å². The van der Waals surface area contributed by atoms with Gasteiger partial charge in [-0.15, -0.1) is 10.2 Å². The number of furan rings is 1. The zero-order chi connectivity index (χ0) is 15.2. The Kier molecular flexibility index (Phi) is 5.40. The van der Waals surface area contributed by atoms with E-state index in [4.69, 9.17) is 14.3 Å². The summed E-state index contributed by atoms with van der Waals surface area (Å²) in [6.07, 6.45) is 0.798. The summed E-state index contributed by atoms with van der Waals surface area (Å²) in [6, 6.07) is 3.74. The molecule has 0 fully saturated rings. The first-order valence-corrected chi connectivity index (χ1v) is 7.50. The molecule has 1 N–H and O–H groups in total. The van der Waals surface area contributed by atoms with E-state index in [2.05, 4.69) is 10.2 Å². The van der Waals surface area contributed by atoms with Crippen molar-refractivity contribution >= 4 is 17.7 Å². The molecular weight excluding hydrogens is 294 g/mol. The van der Waals surface area contributed by atoms with Crippen molar-refractivity contribution in [1.29, 1.82) is 0 Å². The van der Waals surface area contributed by atoms with Crippen molar-refractivity contribution in [3.8, 4) is 11.6 Å². The predicted octanol–water partition coefficient (Wildman–Crippen LogP) is 1.92. The van der Waals surface area contributed by atoms with E-state index >= 15 is 0 Å². The normalized spacial score (nSPS) is 11.0. The van der Waals surface area contributed by atoms with Crippen molar-refractivity contribution in [2.24, 2.45) is 0 Å². The molecule has 21 heavy (non-hydrogen) atoms. The first-order chi connectivity index (χ1) is 10.2. The van der Waals surface area contributed by atoms with Crippen LogP contribution >= 0.6 is 11.8 Å². The number of rotatable bonds is 8. The maximum Gasteiger partial charge on any atom is 0.313 e. The Morgan fingerprint density at radius 3 is 2.90 bits per heavy atom. The molecule has 0 saturated carbocycles. The Balaban J connectivity index is 2.28. The van der Waals surface area contributed by atoms with E-state index in [0.717, 1.165) is 23.9 Å². The highest BCUT2D eigenvalue weighted by atomic mass is 32.2. The van der Waals surface area contributed by atoms with E-state index < -0.39 is 5.97 Å². The molecule has 0 aromatic carbocycles. The Hall–Kier alpha value is -1.80. The highest BCUT2D eigenvalue weighted by Crippen LogP contribution is 2.25. The lowest BCUT2D eigenvalue weighted by Gasteiger charge is -2.07. The van der Waals surface area contributed by atoms with Gasteiger partial charge in [-0.3, -0.25) is 9.36 Å². The molecule has 0 saturated heterocycles. The number of carboxylic acid groups (broad SMARTS) is 1. The standard InChI is InChI=1S/C13H17N3O4S/c1-3-9-4-5-10(20-9)12-14-15-13(21-8-11(17)18)16(12)6-7-19-2/h4-5H,3,6-8H2,1-2H3,(H,17,18). The van der Waals surface area contributed by atoms with Crippen LogP contribution in [0.1, 0.15) is 12.7 Å². The van der Waals surface area contributed by atoms with Gasteiger partial charge in [0.05, 0.1) is 18.9 Å². The minimum Gasteiger partial charge on any atom is -0.481 e. The molecule has 0 aliphatic heterocycles. The number of aryl methyl sites for hydroxylation is 1. The summed E-state index contributed by atoms with van der Waals surface area (Å²) in [6.45, 7) is 3.02. The number of carbonyl (C=O) groups is 1. The van der Waals surface area contributed by atoms with Crippen molar-refractivity contribution in [1.82, 2.24) is 14.8 Å². The van der Waals surface area contributed by atoms with E-state index in [1.807, 2.05) is 23.6 Å². The Morgan fingerprint density at radius 2 is 2.29 bits per heavy atom. The average molecular weight is 311 g/mol. The van der Waals surface area contributed by atoms with Gasteiger partial charge in [-0.2, -0.15) is 0 Å². The van der Waals surface area contributed by atoms with E-state index in [0.29, 0.717) is 29.9 Å². The first-order valence-electron chi connectivity index (χ1n) is 6.51. The number of aromatic nitrogens is 3. The third-order valence-corrected chi connectivity index (χ3v) is 3.74.